The van der Waals surface area contributed by atoms with Gasteiger partial charge in [-0.25, -0.2) is 0 Å². The van der Waals surface area contributed by atoms with Gasteiger partial charge in [0.2, 0.25) is 0 Å². The van der Waals surface area contributed by atoms with E-state index in [1.165, 1.54) is 13.8 Å². The summed E-state index contributed by atoms with van der Waals surface area (Å²) in [5.74, 6) is -0.407. The Morgan fingerprint density at radius 3 is 2.29 bits per heavy atom. The van der Waals surface area contributed by atoms with Crippen LogP contribution in [0.3, 0.4) is 0 Å². The number of Topliss-reactive ketones (excluding diaryl/α,β-unsaturated/α-hetero) is 1. The normalized spacial score (nSPS) is 13.2. The first-order valence-corrected chi connectivity index (χ1v) is 7.40. The van der Waals surface area contributed by atoms with Crippen LogP contribution >= 0.6 is 0 Å². The molecule has 0 saturated carbocycles. The lowest BCUT2D eigenvalue weighted by molar-refractivity contribution is -0.157. The standard InChI is InChI=1S/C12H22O4S/c1-5-7-8-17(15)9-10(13)12(3,4)11(14)16-6-2/h5-9H2,1-4H3. The summed E-state index contributed by atoms with van der Waals surface area (Å²) < 4.78 is 16.4. The van der Waals surface area contributed by atoms with E-state index in [9.17, 15) is 13.8 Å². The second-order valence-corrected chi connectivity index (χ2v) is 5.99. The minimum absolute atomic E-state index is 0.0637. The van der Waals surface area contributed by atoms with Crippen LogP contribution in [-0.2, 0) is 25.1 Å². The molecule has 0 rings (SSSR count). The van der Waals surface area contributed by atoms with Crippen molar-refractivity contribution in [2.45, 2.75) is 40.5 Å². The van der Waals surface area contributed by atoms with Gasteiger partial charge < -0.3 is 4.74 Å². The van der Waals surface area contributed by atoms with Crippen LogP contribution < -0.4 is 0 Å². The van der Waals surface area contributed by atoms with Crippen LogP contribution in [0.4, 0.5) is 0 Å². The molecule has 0 aromatic carbocycles. The Morgan fingerprint density at radius 2 is 1.82 bits per heavy atom. The highest BCUT2D eigenvalue weighted by Crippen LogP contribution is 2.19. The lowest BCUT2D eigenvalue weighted by Crippen LogP contribution is -2.38. The summed E-state index contributed by atoms with van der Waals surface area (Å²) in [7, 11) is -1.17. The molecule has 0 aliphatic rings. The first kappa shape index (κ1) is 16.3. The van der Waals surface area contributed by atoms with E-state index >= 15 is 0 Å². The monoisotopic (exact) mass is 262 g/mol. The van der Waals surface area contributed by atoms with E-state index in [0.29, 0.717) is 5.75 Å². The molecule has 0 amide bonds. The van der Waals surface area contributed by atoms with Gasteiger partial charge in [-0.15, -0.1) is 0 Å². The molecule has 0 fully saturated rings. The highest BCUT2D eigenvalue weighted by atomic mass is 32.2. The minimum atomic E-state index is -1.20. The zero-order valence-electron chi connectivity index (χ0n) is 11.1. The Bertz CT molecular complexity index is 297. The zero-order valence-corrected chi connectivity index (χ0v) is 11.9. The molecule has 100 valence electrons. The van der Waals surface area contributed by atoms with E-state index in [1.54, 1.807) is 6.92 Å². The van der Waals surface area contributed by atoms with Gasteiger partial charge in [0.05, 0.1) is 12.4 Å². The number of ketones is 1. The van der Waals surface area contributed by atoms with Crippen LogP contribution in [0.25, 0.3) is 0 Å². The summed E-state index contributed by atoms with van der Waals surface area (Å²) in [6, 6.07) is 0. The molecule has 5 heteroatoms. The van der Waals surface area contributed by atoms with Crippen molar-refractivity contribution in [3.8, 4) is 0 Å². The number of ether oxygens (including phenoxy) is 1. The third-order valence-electron chi connectivity index (χ3n) is 2.50. The van der Waals surface area contributed by atoms with Gasteiger partial charge in [0.25, 0.3) is 0 Å². The van der Waals surface area contributed by atoms with Gasteiger partial charge in [-0.1, -0.05) is 13.3 Å². The fourth-order valence-electron chi connectivity index (χ4n) is 1.13. The smallest absolute Gasteiger partial charge is 0.319 e. The summed E-state index contributed by atoms with van der Waals surface area (Å²) in [6.07, 6.45) is 1.78. The van der Waals surface area contributed by atoms with Crippen molar-refractivity contribution in [3.05, 3.63) is 0 Å². The Balaban J connectivity index is 4.38. The highest BCUT2D eigenvalue weighted by molar-refractivity contribution is 7.85. The molecule has 0 aromatic rings. The number of carbonyl (C=O) groups is 2. The summed E-state index contributed by atoms with van der Waals surface area (Å²) in [5.41, 5.74) is -1.20. The van der Waals surface area contributed by atoms with Gasteiger partial charge in [0, 0.05) is 16.6 Å². The van der Waals surface area contributed by atoms with E-state index in [-0.39, 0.29) is 18.1 Å². The molecule has 0 N–H and O–H groups in total. The molecule has 0 saturated heterocycles. The predicted molar refractivity (Wildman–Crippen MR) is 68.2 cm³/mol. The number of esters is 1. The van der Waals surface area contributed by atoms with Crippen LogP contribution in [0.15, 0.2) is 0 Å². The number of hydrogen-bond donors (Lipinski definition) is 0. The van der Waals surface area contributed by atoms with Crippen molar-refractivity contribution in [1.29, 1.82) is 0 Å². The molecular formula is C12H22O4S. The fraction of sp³-hybridized carbons (Fsp3) is 0.833. The molecule has 0 heterocycles. The second kappa shape index (κ2) is 7.58. The van der Waals surface area contributed by atoms with Crippen molar-refractivity contribution in [2.75, 3.05) is 18.1 Å². The zero-order chi connectivity index (χ0) is 13.5. The van der Waals surface area contributed by atoms with Crippen molar-refractivity contribution >= 4 is 22.6 Å². The summed E-state index contributed by atoms with van der Waals surface area (Å²) in [6.45, 7) is 6.97. The lowest BCUT2D eigenvalue weighted by Gasteiger charge is -2.20. The first-order chi connectivity index (χ1) is 7.86. The number of unbranched alkanes of at least 4 members (excludes halogenated alkanes) is 1. The maximum Gasteiger partial charge on any atom is 0.319 e. The average molecular weight is 262 g/mol. The van der Waals surface area contributed by atoms with Gasteiger partial charge in [-0.2, -0.15) is 0 Å². The molecule has 0 bridgehead atoms. The van der Waals surface area contributed by atoms with E-state index in [2.05, 4.69) is 0 Å². The van der Waals surface area contributed by atoms with Crippen molar-refractivity contribution < 1.29 is 18.5 Å². The fourth-order valence-corrected chi connectivity index (χ4v) is 2.54. The Morgan fingerprint density at radius 1 is 1.24 bits per heavy atom. The summed E-state index contributed by atoms with van der Waals surface area (Å²) in [5, 5.41) is 0. The van der Waals surface area contributed by atoms with Crippen molar-refractivity contribution in [1.82, 2.24) is 0 Å². The number of carbonyl (C=O) groups excluding carboxylic acids is 2. The third-order valence-corrected chi connectivity index (χ3v) is 3.83. The van der Waals surface area contributed by atoms with Gasteiger partial charge in [0.1, 0.15) is 5.41 Å². The Hall–Kier alpha value is -0.710. The Kier molecular flexibility index (Phi) is 7.27. The SMILES string of the molecule is CCCCS(=O)CC(=O)C(C)(C)C(=O)OCC. The Labute approximate surface area is 106 Å². The first-order valence-electron chi connectivity index (χ1n) is 5.91. The maximum atomic E-state index is 11.9. The predicted octanol–water partition coefficient (Wildman–Crippen LogP) is 1.69. The molecule has 1 atom stereocenters. The van der Waals surface area contributed by atoms with E-state index in [0.717, 1.165) is 12.8 Å². The molecule has 0 radical (unpaired) electrons. The third kappa shape index (κ3) is 5.44. The van der Waals surface area contributed by atoms with Crippen LogP contribution in [-0.4, -0.2) is 34.1 Å². The lowest BCUT2D eigenvalue weighted by atomic mass is 9.89. The molecule has 1 unspecified atom stereocenters. The van der Waals surface area contributed by atoms with E-state index in [1.807, 2.05) is 6.92 Å². The van der Waals surface area contributed by atoms with Crippen LogP contribution in [0.1, 0.15) is 40.5 Å². The van der Waals surface area contributed by atoms with Crippen molar-refractivity contribution in [3.63, 3.8) is 0 Å². The van der Waals surface area contributed by atoms with Crippen molar-refractivity contribution in [2.24, 2.45) is 5.41 Å². The molecule has 0 aliphatic heterocycles. The van der Waals surface area contributed by atoms with Gasteiger partial charge in [-0.05, 0) is 27.2 Å². The molecule has 0 aliphatic carbocycles. The highest BCUT2D eigenvalue weighted by Gasteiger charge is 2.37. The van der Waals surface area contributed by atoms with Gasteiger partial charge >= 0.3 is 5.97 Å². The van der Waals surface area contributed by atoms with Crippen LogP contribution in [0.5, 0.6) is 0 Å². The number of rotatable bonds is 8. The van der Waals surface area contributed by atoms with E-state index in [4.69, 9.17) is 4.74 Å². The van der Waals surface area contributed by atoms with Crippen LogP contribution in [0, 0.1) is 5.41 Å². The maximum absolute atomic E-state index is 11.9. The largest absolute Gasteiger partial charge is 0.465 e. The summed E-state index contributed by atoms with van der Waals surface area (Å²) in [4.78, 5) is 23.4. The minimum Gasteiger partial charge on any atom is -0.465 e. The topological polar surface area (TPSA) is 60.4 Å². The average Bonchev–Trinajstić information content (AvgIpc) is 2.26. The summed E-state index contributed by atoms with van der Waals surface area (Å²) >= 11 is 0. The quantitative estimate of drug-likeness (QED) is 0.493. The number of hydrogen-bond acceptors (Lipinski definition) is 4. The molecule has 17 heavy (non-hydrogen) atoms. The van der Waals surface area contributed by atoms with Gasteiger partial charge in [-0.3, -0.25) is 13.8 Å². The second-order valence-electron chi connectivity index (χ2n) is 4.41. The molecular weight excluding hydrogens is 240 g/mol. The molecule has 0 aromatic heterocycles. The van der Waals surface area contributed by atoms with E-state index < -0.39 is 22.2 Å². The van der Waals surface area contributed by atoms with Gasteiger partial charge in [0.15, 0.2) is 5.78 Å². The molecule has 0 spiro atoms. The molecule has 4 nitrogen and oxygen atoms in total. The van der Waals surface area contributed by atoms with Crippen LogP contribution in [0.2, 0.25) is 0 Å².